The lowest BCUT2D eigenvalue weighted by Gasteiger charge is -2.06. The molecule has 2 N–H and O–H groups in total. The average molecular weight is 203 g/mol. The van der Waals surface area contributed by atoms with Crippen LogP contribution in [0, 0.1) is 0 Å². The third kappa shape index (κ3) is 1.88. The summed E-state index contributed by atoms with van der Waals surface area (Å²) in [5.74, 6) is 1.16. The van der Waals surface area contributed by atoms with Gasteiger partial charge in [0.05, 0.1) is 11.0 Å². The first-order valence-corrected chi connectivity index (χ1v) is 5.51. The molecule has 0 unspecified atom stereocenters. The van der Waals surface area contributed by atoms with Gasteiger partial charge in [0.2, 0.25) is 0 Å². The SMILES string of the molecule is CCCc1nc2ccccc2n1CCN. The molecule has 1 aromatic heterocycles. The van der Waals surface area contributed by atoms with Gasteiger partial charge in [-0.3, -0.25) is 0 Å². The minimum absolute atomic E-state index is 0.664. The molecule has 1 heterocycles. The highest BCUT2D eigenvalue weighted by molar-refractivity contribution is 5.75. The van der Waals surface area contributed by atoms with E-state index in [9.17, 15) is 0 Å². The number of imidazole rings is 1. The molecule has 15 heavy (non-hydrogen) atoms. The number of para-hydroxylation sites is 2. The van der Waals surface area contributed by atoms with Gasteiger partial charge in [0.1, 0.15) is 5.82 Å². The molecule has 0 atom stereocenters. The second-order valence-electron chi connectivity index (χ2n) is 3.71. The molecular formula is C12H17N3. The number of fused-ring (bicyclic) bond motifs is 1. The predicted molar refractivity (Wildman–Crippen MR) is 62.8 cm³/mol. The highest BCUT2D eigenvalue weighted by Crippen LogP contribution is 2.16. The van der Waals surface area contributed by atoms with Gasteiger partial charge < -0.3 is 10.3 Å². The molecule has 0 aliphatic rings. The first kappa shape index (κ1) is 10.2. The van der Waals surface area contributed by atoms with Crippen molar-refractivity contribution >= 4 is 11.0 Å². The lowest BCUT2D eigenvalue weighted by Crippen LogP contribution is -2.12. The number of benzene rings is 1. The molecule has 0 fully saturated rings. The van der Waals surface area contributed by atoms with Crippen molar-refractivity contribution in [3.63, 3.8) is 0 Å². The van der Waals surface area contributed by atoms with Crippen molar-refractivity contribution in [1.82, 2.24) is 9.55 Å². The lowest BCUT2D eigenvalue weighted by molar-refractivity contribution is 0.668. The molecule has 80 valence electrons. The number of hydrogen-bond donors (Lipinski definition) is 1. The Balaban J connectivity index is 2.53. The van der Waals surface area contributed by atoms with E-state index in [-0.39, 0.29) is 0 Å². The summed E-state index contributed by atoms with van der Waals surface area (Å²) in [7, 11) is 0. The second-order valence-corrected chi connectivity index (χ2v) is 3.71. The van der Waals surface area contributed by atoms with Crippen LogP contribution in [-0.2, 0) is 13.0 Å². The second kappa shape index (κ2) is 4.45. The molecule has 3 heteroatoms. The van der Waals surface area contributed by atoms with Crippen LogP contribution in [-0.4, -0.2) is 16.1 Å². The number of aryl methyl sites for hydroxylation is 1. The first-order valence-electron chi connectivity index (χ1n) is 5.51. The maximum absolute atomic E-state index is 5.63. The van der Waals surface area contributed by atoms with Gasteiger partial charge in [-0.15, -0.1) is 0 Å². The van der Waals surface area contributed by atoms with Crippen LogP contribution in [0.3, 0.4) is 0 Å². The van der Waals surface area contributed by atoms with Crippen molar-refractivity contribution in [3.8, 4) is 0 Å². The Bertz CT molecular complexity index is 445. The number of aromatic nitrogens is 2. The molecule has 0 aliphatic carbocycles. The van der Waals surface area contributed by atoms with Crippen LogP contribution >= 0.6 is 0 Å². The summed E-state index contributed by atoms with van der Waals surface area (Å²) in [4.78, 5) is 4.63. The number of nitrogens with two attached hydrogens (primary N) is 1. The van der Waals surface area contributed by atoms with Crippen LogP contribution in [0.25, 0.3) is 11.0 Å². The van der Waals surface area contributed by atoms with E-state index in [4.69, 9.17) is 5.73 Å². The van der Waals surface area contributed by atoms with Gasteiger partial charge >= 0.3 is 0 Å². The molecule has 2 rings (SSSR count). The Morgan fingerprint density at radius 3 is 2.87 bits per heavy atom. The van der Waals surface area contributed by atoms with Crippen molar-refractivity contribution < 1.29 is 0 Å². The fourth-order valence-electron chi connectivity index (χ4n) is 1.92. The quantitative estimate of drug-likeness (QED) is 0.825. The van der Waals surface area contributed by atoms with Crippen molar-refractivity contribution in [1.29, 1.82) is 0 Å². The molecule has 3 nitrogen and oxygen atoms in total. The fraction of sp³-hybridized carbons (Fsp3) is 0.417. The van der Waals surface area contributed by atoms with E-state index in [0.29, 0.717) is 6.54 Å². The minimum atomic E-state index is 0.664. The zero-order valence-corrected chi connectivity index (χ0v) is 9.11. The molecular weight excluding hydrogens is 186 g/mol. The van der Waals surface area contributed by atoms with Gasteiger partial charge in [-0.25, -0.2) is 4.98 Å². The van der Waals surface area contributed by atoms with Gasteiger partial charge in [0, 0.05) is 19.5 Å². The molecule has 0 radical (unpaired) electrons. The number of nitrogens with zero attached hydrogens (tertiary/aromatic N) is 2. The summed E-state index contributed by atoms with van der Waals surface area (Å²) in [5, 5.41) is 0. The Morgan fingerprint density at radius 2 is 2.13 bits per heavy atom. The molecule has 0 saturated carbocycles. The van der Waals surface area contributed by atoms with Gasteiger partial charge in [-0.1, -0.05) is 19.1 Å². The van der Waals surface area contributed by atoms with E-state index >= 15 is 0 Å². The Hall–Kier alpha value is -1.35. The molecule has 0 saturated heterocycles. The van der Waals surface area contributed by atoms with E-state index in [0.717, 1.165) is 30.7 Å². The van der Waals surface area contributed by atoms with Crippen LogP contribution in [0.15, 0.2) is 24.3 Å². The van der Waals surface area contributed by atoms with Gasteiger partial charge in [-0.05, 0) is 18.6 Å². The van der Waals surface area contributed by atoms with Crippen LogP contribution in [0.2, 0.25) is 0 Å². The Labute approximate surface area is 89.9 Å². The molecule has 0 amide bonds. The molecule has 0 bridgehead atoms. The van der Waals surface area contributed by atoms with E-state index in [2.05, 4.69) is 28.6 Å². The fourth-order valence-corrected chi connectivity index (χ4v) is 1.92. The summed E-state index contributed by atoms with van der Waals surface area (Å²) in [6.45, 7) is 3.69. The minimum Gasteiger partial charge on any atom is -0.329 e. The van der Waals surface area contributed by atoms with Crippen LogP contribution in [0.4, 0.5) is 0 Å². The van der Waals surface area contributed by atoms with Crippen LogP contribution in [0.1, 0.15) is 19.2 Å². The van der Waals surface area contributed by atoms with Gasteiger partial charge in [0.25, 0.3) is 0 Å². The summed E-state index contributed by atoms with van der Waals surface area (Å²) in [6.07, 6.45) is 2.14. The van der Waals surface area contributed by atoms with Gasteiger partial charge in [-0.2, -0.15) is 0 Å². The molecule has 0 aliphatic heterocycles. The topological polar surface area (TPSA) is 43.8 Å². The van der Waals surface area contributed by atoms with Crippen LogP contribution < -0.4 is 5.73 Å². The molecule has 0 spiro atoms. The standard InChI is InChI=1S/C12H17N3/c1-2-5-12-14-10-6-3-4-7-11(10)15(12)9-8-13/h3-4,6-7H,2,5,8-9,13H2,1H3. The number of hydrogen-bond acceptors (Lipinski definition) is 2. The summed E-state index contributed by atoms with van der Waals surface area (Å²) >= 11 is 0. The van der Waals surface area contributed by atoms with Crippen molar-refractivity contribution in [2.24, 2.45) is 5.73 Å². The first-order chi connectivity index (χ1) is 7.36. The van der Waals surface area contributed by atoms with Crippen molar-refractivity contribution in [2.45, 2.75) is 26.3 Å². The van der Waals surface area contributed by atoms with E-state index in [1.165, 1.54) is 5.52 Å². The third-order valence-electron chi connectivity index (χ3n) is 2.56. The largest absolute Gasteiger partial charge is 0.329 e. The predicted octanol–water partition coefficient (Wildman–Crippen LogP) is 1.95. The summed E-state index contributed by atoms with van der Waals surface area (Å²) in [6, 6.07) is 8.24. The smallest absolute Gasteiger partial charge is 0.109 e. The molecule has 2 aromatic rings. The van der Waals surface area contributed by atoms with Gasteiger partial charge in [0.15, 0.2) is 0 Å². The monoisotopic (exact) mass is 203 g/mol. The zero-order chi connectivity index (χ0) is 10.7. The Kier molecular flexibility index (Phi) is 3.02. The summed E-state index contributed by atoms with van der Waals surface area (Å²) in [5.41, 5.74) is 7.91. The normalized spacial score (nSPS) is 11.1. The van der Waals surface area contributed by atoms with Crippen LogP contribution in [0.5, 0.6) is 0 Å². The highest BCUT2D eigenvalue weighted by Gasteiger charge is 2.07. The zero-order valence-electron chi connectivity index (χ0n) is 9.11. The molecule has 1 aromatic carbocycles. The third-order valence-corrected chi connectivity index (χ3v) is 2.56. The maximum atomic E-state index is 5.63. The maximum Gasteiger partial charge on any atom is 0.109 e. The highest BCUT2D eigenvalue weighted by atomic mass is 15.1. The van der Waals surface area contributed by atoms with E-state index < -0.39 is 0 Å². The van der Waals surface area contributed by atoms with Crippen molar-refractivity contribution in [2.75, 3.05) is 6.54 Å². The lowest BCUT2D eigenvalue weighted by atomic mass is 10.3. The number of rotatable bonds is 4. The average Bonchev–Trinajstić information content (AvgIpc) is 2.59. The van der Waals surface area contributed by atoms with E-state index in [1.54, 1.807) is 0 Å². The summed E-state index contributed by atoms with van der Waals surface area (Å²) < 4.78 is 2.23. The van der Waals surface area contributed by atoms with E-state index in [1.807, 2.05) is 12.1 Å². The van der Waals surface area contributed by atoms with Crippen molar-refractivity contribution in [3.05, 3.63) is 30.1 Å². The Morgan fingerprint density at radius 1 is 1.33 bits per heavy atom.